The molecule has 1 fully saturated rings. The molecule has 0 radical (unpaired) electrons. The molecule has 0 bridgehead atoms. The number of halogens is 1. The normalized spacial score (nSPS) is 14.7. The zero-order valence-corrected chi connectivity index (χ0v) is 18.7. The van der Waals surface area contributed by atoms with Crippen LogP contribution in [-0.2, 0) is 17.9 Å². The number of nitrogens with zero attached hydrogens (tertiary/aromatic N) is 2. The highest BCUT2D eigenvalue weighted by molar-refractivity contribution is 8.18. The van der Waals surface area contributed by atoms with Crippen molar-refractivity contribution in [3.63, 3.8) is 0 Å². The minimum absolute atomic E-state index is 0.0478. The summed E-state index contributed by atoms with van der Waals surface area (Å²) in [6.45, 7) is 0.454. The van der Waals surface area contributed by atoms with Gasteiger partial charge in [0.1, 0.15) is 12.4 Å². The lowest BCUT2D eigenvalue weighted by Crippen LogP contribution is -2.27. The number of imide groups is 1. The summed E-state index contributed by atoms with van der Waals surface area (Å²) in [6.07, 6.45) is 1.66. The van der Waals surface area contributed by atoms with Crippen LogP contribution in [0.5, 0.6) is 5.75 Å². The summed E-state index contributed by atoms with van der Waals surface area (Å²) in [5, 5.41) is 11.1. The molecule has 0 aromatic heterocycles. The van der Waals surface area contributed by atoms with Crippen LogP contribution in [0, 0.1) is 10.1 Å². The number of nitro benzene ring substituents is 1. The third-order valence-electron chi connectivity index (χ3n) is 4.86. The second-order valence-electron chi connectivity index (χ2n) is 7.18. The molecule has 0 spiro atoms. The molecule has 3 aromatic rings. The summed E-state index contributed by atoms with van der Waals surface area (Å²) in [5.41, 5.74) is 2.33. The van der Waals surface area contributed by atoms with Crippen LogP contribution in [-0.4, -0.2) is 21.0 Å². The fourth-order valence-corrected chi connectivity index (χ4v) is 4.07. The summed E-state index contributed by atoms with van der Waals surface area (Å²) in [4.78, 5) is 36.8. The molecular formula is C24H17ClN2O5S. The van der Waals surface area contributed by atoms with Gasteiger partial charge in [-0.15, -0.1) is 0 Å². The van der Waals surface area contributed by atoms with Crippen molar-refractivity contribution in [3.05, 3.63) is 110 Å². The van der Waals surface area contributed by atoms with Crippen molar-refractivity contribution >= 4 is 46.3 Å². The van der Waals surface area contributed by atoms with E-state index in [2.05, 4.69) is 0 Å². The van der Waals surface area contributed by atoms with Crippen molar-refractivity contribution in [3.8, 4) is 5.75 Å². The molecule has 0 unspecified atom stereocenters. The van der Waals surface area contributed by atoms with Gasteiger partial charge in [-0.2, -0.15) is 0 Å². The first kappa shape index (κ1) is 22.6. The number of thioether (sulfide) groups is 1. The van der Waals surface area contributed by atoms with E-state index >= 15 is 0 Å². The first-order valence-corrected chi connectivity index (χ1v) is 11.0. The molecule has 9 heteroatoms. The Morgan fingerprint density at radius 2 is 1.58 bits per heavy atom. The smallest absolute Gasteiger partial charge is 0.293 e. The van der Waals surface area contributed by atoms with Gasteiger partial charge in [0.15, 0.2) is 0 Å². The van der Waals surface area contributed by atoms with Gasteiger partial charge < -0.3 is 4.74 Å². The standard InChI is InChI=1S/C24H17ClN2O5S/c25-19-7-1-18(2-8-19)15-32-21-11-5-16(6-12-21)13-22-23(28)26(24(29)33-22)14-17-3-9-20(10-4-17)27(30)31/h1-13H,14-15H2/b22-13-. The number of hydrogen-bond donors (Lipinski definition) is 0. The zero-order valence-electron chi connectivity index (χ0n) is 17.1. The Morgan fingerprint density at radius 1 is 0.939 bits per heavy atom. The topological polar surface area (TPSA) is 89.8 Å². The van der Waals surface area contributed by atoms with E-state index in [1.165, 1.54) is 24.3 Å². The van der Waals surface area contributed by atoms with Gasteiger partial charge >= 0.3 is 0 Å². The van der Waals surface area contributed by atoms with Crippen molar-refractivity contribution in [2.75, 3.05) is 0 Å². The number of rotatable bonds is 7. The van der Waals surface area contributed by atoms with Crippen LogP contribution < -0.4 is 4.74 Å². The van der Waals surface area contributed by atoms with Crippen LogP contribution in [0.3, 0.4) is 0 Å². The van der Waals surface area contributed by atoms with E-state index in [0.29, 0.717) is 27.8 Å². The summed E-state index contributed by atoms with van der Waals surface area (Å²) in [5.74, 6) is 0.278. The van der Waals surface area contributed by atoms with Crippen molar-refractivity contribution in [1.82, 2.24) is 4.90 Å². The maximum absolute atomic E-state index is 12.7. The molecule has 0 N–H and O–H groups in total. The van der Waals surface area contributed by atoms with Crippen molar-refractivity contribution < 1.29 is 19.2 Å². The number of carbonyl (C=O) groups is 2. The molecule has 166 valence electrons. The van der Waals surface area contributed by atoms with Crippen molar-refractivity contribution in [1.29, 1.82) is 0 Å². The van der Waals surface area contributed by atoms with E-state index in [1.54, 1.807) is 30.3 Å². The number of amides is 2. The third-order valence-corrected chi connectivity index (χ3v) is 6.02. The lowest BCUT2D eigenvalue weighted by atomic mass is 10.2. The number of ether oxygens (including phenoxy) is 1. The van der Waals surface area contributed by atoms with Gasteiger partial charge in [-0.05, 0) is 58.8 Å². The van der Waals surface area contributed by atoms with Crippen molar-refractivity contribution in [2.24, 2.45) is 0 Å². The van der Waals surface area contributed by atoms with Gasteiger partial charge in [0, 0.05) is 17.2 Å². The highest BCUT2D eigenvalue weighted by Crippen LogP contribution is 2.33. The molecule has 0 atom stereocenters. The van der Waals surface area contributed by atoms with Crippen LogP contribution in [0.15, 0.2) is 77.7 Å². The fraction of sp³-hybridized carbons (Fsp3) is 0.0833. The predicted octanol–water partition coefficient (Wildman–Crippen LogP) is 6.06. The SMILES string of the molecule is O=C1S/C(=C\c2ccc(OCc3ccc(Cl)cc3)cc2)C(=O)N1Cc1ccc([N+](=O)[O-])cc1. The summed E-state index contributed by atoms with van der Waals surface area (Å²) >= 11 is 6.75. The van der Waals surface area contributed by atoms with E-state index in [1.807, 2.05) is 24.3 Å². The Morgan fingerprint density at radius 3 is 2.21 bits per heavy atom. The lowest BCUT2D eigenvalue weighted by molar-refractivity contribution is -0.384. The molecule has 1 heterocycles. The Balaban J connectivity index is 1.39. The van der Waals surface area contributed by atoms with E-state index < -0.39 is 10.8 Å². The van der Waals surface area contributed by atoms with E-state index in [9.17, 15) is 19.7 Å². The maximum atomic E-state index is 12.7. The molecule has 3 aromatic carbocycles. The molecule has 0 saturated carbocycles. The molecule has 33 heavy (non-hydrogen) atoms. The Kier molecular flexibility index (Phi) is 6.76. The highest BCUT2D eigenvalue weighted by atomic mass is 35.5. The quantitative estimate of drug-likeness (QED) is 0.232. The Bertz CT molecular complexity index is 1230. The third kappa shape index (κ3) is 5.60. The van der Waals surface area contributed by atoms with Crippen molar-refractivity contribution in [2.45, 2.75) is 13.2 Å². The second-order valence-corrected chi connectivity index (χ2v) is 8.61. The minimum Gasteiger partial charge on any atom is -0.489 e. The molecule has 1 saturated heterocycles. The predicted molar refractivity (Wildman–Crippen MR) is 127 cm³/mol. The van der Waals surface area contributed by atoms with Gasteiger partial charge in [0.2, 0.25) is 0 Å². The van der Waals surface area contributed by atoms with Gasteiger partial charge in [-0.1, -0.05) is 48.0 Å². The van der Waals surface area contributed by atoms with Crippen LogP contribution in [0.2, 0.25) is 5.02 Å². The first-order chi connectivity index (χ1) is 15.9. The highest BCUT2D eigenvalue weighted by Gasteiger charge is 2.35. The zero-order chi connectivity index (χ0) is 23.4. The Hall–Kier alpha value is -3.62. The van der Waals surface area contributed by atoms with E-state index in [-0.39, 0.29) is 17.5 Å². The number of nitro groups is 1. The molecule has 4 rings (SSSR count). The van der Waals surface area contributed by atoms with Crippen LogP contribution >= 0.6 is 23.4 Å². The molecular weight excluding hydrogens is 464 g/mol. The second kappa shape index (κ2) is 9.89. The first-order valence-electron chi connectivity index (χ1n) is 9.85. The number of hydrogen-bond acceptors (Lipinski definition) is 6. The average Bonchev–Trinajstić information content (AvgIpc) is 3.07. The number of non-ortho nitro benzene ring substituents is 1. The minimum atomic E-state index is -0.499. The molecule has 2 amide bonds. The lowest BCUT2D eigenvalue weighted by Gasteiger charge is -2.12. The summed E-state index contributed by atoms with van der Waals surface area (Å²) in [6, 6.07) is 20.4. The van der Waals surface area contributed by atoms with Gasteiger partial charge in [-0.3, -0.25) is 24.6 Å². The van der Waals surface area contributed by atoms with Gasteiger partial charge in [-0.25, -0.2) is 0 Å². The number of benzene rings is 3. The van der Waals surface area contributed by atoms with E-state index in [4.69, 9.17) is 16.3 Å². The molecule has 7 nitrogen and oxygen atoms in total. The van der Waals surface area contributed by atoms with Gasteiger partial charge in [0.05, 0.1) is 16.4 Å². The largest absolute Gasteiger partial charge is 0.489 e. The fourth-order valence-electron chi connectivity index (χ4n) is 3.10. The Labute approximate surface area is 198 Å². The molecule has 0 aliphatic carbocycles. The van der Waals surface area contributed by atoms with Crippen LogP contribution in [0.25, 0.3) is 6.08 Å². The van der Waals surface area contributed by atoms with E-state index in [0.717, 1.165) is 27.8 Å². The molecule has 1 aliphatic rings. The monoisotopic (exact) mass is 480 g/mol. The summed E-state index contributed by atoms with van der Waals surface area (Å²) in [7, 11) is 0. The van der Waals surface area contributed by atoms with Crippen LogP contribution in [0.4, 0.5) is 10.5 Å². The molecule has 1 aliphatic heterocycles. The average molecular weight is 481 g/mol. The van der Waals surface area contributed by atoms with Gasteiger partial charge in [0.25, 0.3) is 16.8 Å². The maximum Gasteiger partial charge on any atom is 0.293 e. The summed E-state index contributed by atoms with van der Waals surface area (Å²) < 4.78 is 5.76. The van der Waals surface area contributed by atoms with Crippen LogP contribution in [0.1, 0.15) is 16.7 Å². The number of carbonyl (C=O) groups excluding carboxylic acids is 2.